The molecule has 0 amide bonds. The molecule has 82 valence electrons. The molecule has 15 heavy (non-hydrogen) atoms. The fourth-order valence-corrected chi connectivity index (χ4v) is 1.91. The molecule has 0 spiro atoms. The molecule has 0 saturated carbocycles. The molecule has 1 rings (SSSR count). The molecule has 2 nitrogen and oxygen atoms in total. The lowest BCUT2D eigenvalue weighted by Gasteiger charge is -2.22. The molecule has 0 fully saturated rings. The van der Waals surface area contributed by atoms with E-state index in [0.717, 1.165) is 22.9 Å². The van der Waals surface area contributed by atoms with Gasteiger partial charge in [0.05, 0.1) is 5.60 Å². The van der Waals surface area contributed by atoms with Crippen LogP contribution >= 0.6 is 15.9 Å². The molecular weight excluding hydrogens is 254 g/mol. The maximum Gasteiger partial charge on any atom is 0.0663 e. The minimum absolute atomic E-state index is 0.618. The summed E-state index contributed by atoms with van der Waals surface area (Å²) < 4.78 is 0.944. The quantitative estimate of drug-likeness (QED) is 0.834. The van der Waals surface area contributed by atoms with E-state index < -0.39 is 5.60 Å². The molecule has 3 heteroatoms. The lowest BCUT2D eigenvalue weighted by atomic mass is 9.93. The SMILES string of the molecule is C=CCCC(C)(O)Cc1cncc(Br)c1. The molecular formula is C12H16BrNO. The van der Waals surface area contributed by atoms with Crippen LogP contribution in [0.2, 0.25) is 0 Å². The van der Waals surface area contributed by atoms with E-state index in [1.54, 1.807) is 12.4 Å². The van der Waals surface area contributed by atoms with Crippen LogP contribution in [0.15, 0.2) is 35.6 Å². The first-order valence-electron chi connectivity index (χ1n) is 4.96. The molecule has 1 N–H and O–H groups in total. The summed E-state index contributed by atoms with van der Waals surface area (Å²) in [6.45, 7) is 5.50. The van der Waals surface area contributed by atoms with E-state index >= 15 is 0 Å². The summed E-state index contributed by atoms with van der Waals surface area (Å²) in [7, 11) is 0. The van der Waals surface area contributed by atoms with Gasteiger partial charge in [-0.05, 0) is 47.3 Å². The number of hydrogen-bond donors (Lipinski definition) is 1. The summed E-state index contributed by atoms with van der Waals surface area (Å²) in [5.74, 6) is 0. The fraction of sp³-hybridized carbons (Fsp3) is 0.417. The van der Waals surface area contributed by atoms with E-state index in [2.05, 4.69) is 27.5 Å². The number of allylic oxidation sites excluding steroid dienone is 1. The third kappa shape index (κ3) is 4.58. The van der Waals surface area contributed by atoms with Crippen LogP contribution in [0, 0.1) is 0 Å². The van der Waals surface area contributed by atoms with Gasteiger partial charge in [0.2, 0.25) is 0 Å². The van der Waals surface area contributed by atoms with Crippen molar-refractivity contribution in [3.63, 3.8) is 0 Å². The van der Waals surface area contributed by atoms with Crippen molar-refractivity contribution in [1.29, 1.82) is 0 Å². The van der Waals surface area contributed by atoms with Crippen LogP contribution in [-0.4, -0.2) is 15.7 Å². The Balaban J connectivity index is 2.63. The molecule has 1 aromatic heterocycles. The van der Waals surface area contributed by atoms with Gasteiger partial charge in [0.25, 0.3) is 0 Å². The van der Waals surface area contributed by atoms with Gasteiger partial charge < -0.3 is 5.11 Å². The maximum absolute atomic E-state index is 10.1. The second kappa shape index (κ2) is 5.42. The predicted molar refractivity (Wildman–Crippen MR) is 65.7 cm³/mol. The molecule has 0 aromatic carbocycles. The van der Waals surface area contributed by atoms with Crippen LogP contribution in [0.25, 0.3) is 0 Å². The van der Waals surface area contributed by atoms with Crippen molar-refractivity contribution < 1.29 is 5.11 Å². The highest BCUT2D eigenvalue weighted by Crippen LogP contribution is 2.20. The van der Waals surface area contributed by atoms with Gasteiger partial charge in [0, 0.05) is 23.3 Å². The van der Waals surface area contributed by atoms with Crippen LogP contribution < -0.4 is 0 Å². The standard InChI is InChI=1S/C12H16BrNO/c1-3-4-5-12(2,15)7-10-6-11(13)9-14-8-10/h3,6,8-9,15H,1,4-5,7H2,2H3. The summed E-state index contributed by atoms with van der Waals surface area (Å²) in [6, 6.07) is 1.98. The Hall–Kier alpha value is -0.670. The highest BCUT2D eigenvalue weighted by molar-refractivity contribution is 9.10. The maximum atomic E-state index is 10.1. The van der Waals surface area contributed by atoms with Gasteiger partial charge in [-0.25, -0.2) is 0 Å². The number of nitrogens with zero attached hydrogens (tertiary/aromatic N) is 1. The van der Waals surface area contributed by atoms with Crippen molar-refractivity contribution in [1.82, 2.24) is 4.98 Å². The van der Waals surface area contributed by atoms with Gasteiger partial charge in [0.1, 0.15) is 0 Å². The number of aliphatic hydroxyl groups is 1. The van der Waals surface area contributed by atoms with Gasteiger partial charge in [-0.3, -0.25) is 4.98 Å². The van der Waals surface area contributed by atoms with Crippen LogP contribution in [0.5, 0.6) is 0 Å². The minimum atomic E-state index is -0.684. The molecule has 1 atom stereocenters. The number of hydrogen-bond acceptors (Lipinski definition) is 2. The van der Waals surface area contributed by atoms with E-state index in [4.69, 9.17) is 0 Å². The van der Waals surface area contributed by atoms with Crippen molar-refractivity contribution >= 4 is 15.9 Å². The molecule has 0 aliphatic rings. The van der Waals surface area contributed by atoms with Crippen molar-refractivity contribution in [2.75, 3.05) is 0 Å². The summed E-state index contributed by atoms with van der Waals surface area (Å²) >= 11 is 3.36. The van der Waals surface area contributed by atoms with Crippen molar-refractivity contribution in [3.05, 3.63) is 41.2 Å². The highest BCUT2D eigenvalue weighted by Gasteiger charge is 2.19. The van der Waals surface area contributed by atoms with Crippen LogP contribution in [-0.2, 0) is 6.42 Å². The lowest BCUT2D eigenvalue weighted by Crippen LogP contribution is -2.26. The molecule has 0 aliphatic carbocycles. The summed E-state index contributed by atoms with van der Waals surface area (Å²) in [4.78, 5) is 4.07. The Bertz CT molecular complexity index is 336. The highest BCUT2D eigenvalue weighted by atomic mass is 79.9. The first-order chi connectivity index (χ1) is 7.03. The number of pyridine rings is 1. The Labute approximate surface area is 99.2 Å². The molecule has 1 aromatic rings. The third-order valence-electron chi connectivity index (χ3n) is 2.23. The normalized spacial score (nSPS) is 14.6. The molecule has 0 saturated heterocycles. The van der Waals surface area contributed by atoms with Gasteiger partial charge in [-0.1, -0.05) is 6.08 Å². The Morgan fingerprint density at radius 2 is 2.33 bits per heavy atom. The van der Waals surface area contributed by atoms with Crippen LogP contribution in [0.1, 0.15) is 25.3 Å². The van der Waals surface area contributed by atoms with Gasteiger partial charge in [0.15, 0.2) is 0 Å². The first-order valence-corrected chi connectivity index (χ1v) is 5.75. The van der Waals surface area contributed by atoms with Crippen LogP contribution in [0.3, 0.4) is 0 Å². The summed E-state index contributed by atoms with van der Waals surface area (Å²) in [5, 5.41) is 10.1. The molecule has 0 radical (unpaired) electrons. The summed E-state index contributed by atoms with van der Waals surface area (Å²) in [6.07, 6.45) is 7.52. The Morgan fingerprint density at radius 1 is 1.60 bits per heavy atom. The fourth-order valence-electron chi connectivity index (χ4n) is 1.49. The van der Waals surface area contributed by atoms with Gasteiger partial charge in [-0.2, -0.15) is 0 Å². The Morgan fingerprint density at radius 3 is 2.93 bits per heavy atom. The van der Waals surface area contributed by atoms with Crippen LogP contribution in [0.4, 0.5) is 0 Å². The number of halogens is 1. The van der Waals surface area contributed by atoms with E-state index in [0.29, 0.717) is 6.42 Å². The average molecular weight is 270 g/mol. The first kappa shape index (κ1) is 12.4. The topological polar surface area (TPSA) is 33.1 Å². The van der Waals surface area contributed by atoms with Crippen molar-refractivity contribution in [2.45, 2.75) is 31.8 Å². The zero-order chi connectivity index (χ0) is 11.3. The van der Waals surface area contributed by atoms with Crippen molar-refractivity contribution in [3.8, 4) is 0 Å². The van der Waals surface area contributed by atoms with Gasteiger partial charge in [-0.15, -0.1) is 6.58 Å². The van der Waals surface area contributed by atoms with Gasteiger partial charge >= 0.3 is 0 Å². The second-order valence-corrected chi connectivity index (χ2v) is 4.93. The van der Waals surface area contributed by atoms with E-state index in [1.165, 1.54) is 0 Å². The lowest BCUT2D eigenvalue weighted by molar-refractivity contribution is 0.0522. The monoisotopic (exact) mass is 269 g/mol. The summed E-state index contributed by atoms with van der Waals surface area (Å²) in [5.41, 5.74) is 0.356. The number of rotatable bonds is 5. The van der Waals surface area contributed by atoms with Crippen molar-refractivity contribution in [2.24, 2.45) is 0 Å². The molecule has 0 bridgehead atoms. The average Bonchev–Trinajstić information content (AvgIpc) is 2.14. The Kier molecular flexibility index (Phi) is 4.48. The predicted octanol–water partition coefficient (Wildman–Crippen LogP) is 3.10. The second-order valence-electron chi connectivity index (χ2n) is 4.01. The minimum Gasteiger partial charge on any atom is -0.390 e. The van der Waals surface area contributed by atoms with E-state index in [1.807, 2.05) is 19.1 Å². The smallest absolute Gasteiger partial charge is 0.0663 e. The van der Waals surface area contributed by atoms with E-state index in [9.17, 15) is 5.11 Å². The zero-order valence-corrected chi connectivity index (χ0v) is 10.5. The molecule has 0 aliphatic heterocycles. The molecule has 1 heterocycles. The third-order valence-corrected chi connectivity index (χ3v) is 2.67. The number of aromatic nitrogens is 1. The largest absolute Gasteiger partial charge is 0.390 e. The zero-order valence-electron chi connectivity index (χ0n) is 8.91. The van der Waals surface area contributed by atoms with E-state index in [-0.39, 0.29) is 0 Å². The molecule has 1 unspecified atom stereocenters.